The van der Waals surface area contributed by atoms with E-state index in [9.17, 15) is 9.18 Å². The van der Waals surface area contributed by atoms with Gasteiger partial charge in [0, 0.05) is 24.2 Å². The number of carbonyl (C=O) groups is 1. The minimum atomic E-state index is -0.376. The SMILES string of the molecule is CC(CO)N(C)C(=O)NCCc1c(F)cccc1Cl. The van der Waals surface area contributed by atoms with Crippen LogP contribution in [0.3, 0.4) is 0 Å². The molecule has 19 heavy (non-hydrogen) atoms. The molecule has 4 nitrogen and oxygen atoms in total. The molecule has 0 saturated carbocycles. The second kappa shape index (κ2) is 7.31. The number of amides is 2. The first-order valence-corrected chi connectivity index (χ1v) is 6.39. The molecular formula is C13H18ClFN2O2. The van der Waals surface area contributed by atoms with Gasteiger partial charge < -0.3 is 15.3 Å². The van der Waals surface area contributed by atoms with Gasteiger partial charge in [-0.05, 0) is 25.5 Å². The van der Waals surface area contributed by atoms with Gasteiger partial charge in [-0.25, -0.2) is 9.18 Å². The van der Waals surface area contributed by atoms with E-state index in [4.69, 9.17) is 16.7 Å². The number of rotatable bonds is 5. The number of nitrogens with zero attached hydrogens (tertiary/aromatic N) is 1. The van der Waals surface area contributed by atoms with Crippen LogP contribution >= 0.6 is 11.6 Å². The molecule has 6 heteroatoms. The minimum absolute atomic E-state index is 0.108. The third-order valence-corrected chi connectivity index (χ3v) is 3.31. The largest absolute Gasteiger partial charge is 0.394 e. The summed E-state index contributed by atoms with van der Waals surface area (Å²) in [4.78, 5) is 13.1. The molecule has 0 aliphatic heterocycles. The Kier molecular flexibility index (Phi) is 6.05. The monoisotopic (exact) mass is 288 g/mol. The van der Waals surface area contributed by atoms with Gasteiger partial charge >= 0.3 is 6.03 Å². The van der Waals surface area contributed by atoms with Crippen LogP contribution in [0, 0.1) is 5.82 Å². The Morgan fingerprint density at radius 1 is 1.58 bits per heavy atom. The number of benzene rings is 1. The van der Waals surface area contributed by atoms with E-state index in [0.29, 0.717) is 17.0 Å². The van der Waals surface area contributed by atoms with Crippen LogP contribution in [0.2, 0.25) is 5.02 Å². The summed E-state index contributed by atoms with van der Waals surface area (Å²) in [5.74, 6) is -0.376. The Morgan fingerprint density at radius 3 is 2.84 bits per heavy atom. The number of aliphatic hydroxyl groups excluding tert-OH is 1. The normalized spacial score (nSPS) is 12.1. The highest BCUT2D eigenvalue weighted by molar-refractivity contribution is 6.31. The van der Waals surface area contributed by atoms with Crippen LogP contribution < -0.4 is 5.32 Å². The first kappa shape index (κ1) is 15.7. The van der Waals surface area contributed by atoms with E-state index in [0.717, 1.165) is 0 Å². The van der Waals surface area contributed by atoms with Gasteiger partial charge in [0.1, 0.15) is 5.82 Å². The minimum Gasteiger partial charge on any atom is -0.394 e. The third-order valence-electron chi connectivity index (χ3n) is 2.96. The van der Waals surface area contributed by atoms with E-state index in [2.05, 4.69) is 5.32 Å². The molecule has 1 unspecified atom stereocenters. The van der Waals surface area contributed by atoms with Gasteiger partial charge in [0.05, 0.1) is 12.6 Å². The molecule has 0 spiro atoms. The van der Waals surface area contributed by atoms with E-state index in [-0.39, 0.29) is 31.0 Å². The van der Waals surface area contributed by atoms with Crippen molar-refractivity contribution in [3.05, 3.63) is 34.6 Å². The molecule has 0 aliphatic carbocycles. The summed E-state index contributed by atoms with van der Waals surface area (Å²) in [5.41, 5.74) is 0.391. The fraction of sp³-hybridized carbons (Fsp3) is 0.462. The Morgan fingerprint density at radius 2 is 2.26 bits per heavy atom. The Hall–Kier alpha value is -1.33. The van der Waals surface area contributed by atoms with Crippen molar-refractivity contribution in [3.8, 4) is 0 Å². The van der Waals surface area contributed by atoms with Crippen LogP contribution in [0.25, 0.3) is 0 Å². The van der Waals surface area contributed by atoms with E-state index < -0.39 is 0 Å². The van der Waals surface area contributed by atoms with E-state index >= 15 is 0 Å². The first-order valence-electron chi connectivity index (χ1n) is 6.01. The van der Waals surface area contributed by atoms with E-state index in [1.165, 1.54) is 17.0 Å². The molecule has 106 valence electrons. The fourth-order valence-corrected chi connectivity index (χ4v) is 1.77. The van der Waals surface area contributed by atoms with Gasteiger partial charge in [0.2, 0.25) is 0 Å². The molecule has 0 radical (unpaired) electrons. The van der Waals surface area contributed by atoms with Crippen molar-refractivity contribution in [3.63, 3.8) is 0 Å². The van der Waals surface area contributed by atoms with Crippen LogP contribution in [0.4, 0.5) is 9.18 Å². The second-order valence-corrected chi connectivity index (χ2v) is 4.73. The third kappa shape index (κ3) is 4.36. The van der Waals surface area contributed by atoms with Crippen molar-refractivity contribution in [2.24, 2.45) is 0 Å². The summed E-state index contributed by atoms with van der Waals surface area (Å²) in [6, 6.07) is 3.91. The molecule has 1 rings (SSSR count). The maximum Gasteiger partial charge on any atom is 0.317 e. The van der Waals surface area contributed by atoms with Gasteiger partial charge in [-0.1, -0.05) is 17.7 Å². The van der Waals surface area contributed by atoms with Crippen molar-refractivity contribution in [2.45, 2.75) is 19.4 Å². The van der Waals surface area contributed by atoms with Crippen LogP contribution in [0.5, 0.6) is 0 Å². The average Bonchev–Trinajstić information content (AvgIpc) is 2.40. The van der Waals surface area contributed by atoms with Crippen molar-refractivity contribution in [1.82, 2.24) is 10.2 Å². The Labute approximate surface area is 117 Å². The summed E-state index contributed by atoms with van der Waals surface area (Å²) < 4.78 is 13.5. The van der Waals surface area contributed by atoms with Gasteiger partial charge in [-0.3, -0.25) is 0 Å². The lowest BCUT2D eigenvalue weighted by Crippen LogP contribution is -2.44. The Bertz CT molecular complexity index is 422. The van der Waals surface area contributed by atoms with Gasteiger partial charge in [0.25, 0.3) is 0 Å². The van der Waals surface area contributed by atoms with E-state index in [1.807, 2.05) is 0 Å². The van der Waals surface area contributed by atoms with Crippen LogP contribution in [-0.4, -0.2) is 42.3 Å². The molecule has 0 fully saturated rings. The lowest BCUT2D eigenvalue weighted by Gasteiger charge is -2.23. The van der Waals surface area contributed by atoms with Crippen molar-refractivity contribution in [1.29, 1.82) is 0 Å². The molecule has 0 saturated heterocycles. The number of hydrogen-bond acceptors (Lipinski definition) is 2. The number of aliphatic hydroxyl groups is 1. The molecule has 0 aliphatic rings. The number of halogens is 2. The molecule has 0 bridgehead atoms. The number of urea groups is 1. The van der Waals surface area contributed by atoms with Crippen molar-refractivity contribution < 1.29 is 14.3 Å². The van der Waals surface area contributed by atoms with Crippen LogP contribution in [0.1, 0.15) is 12.5 Å². The second-order valence-electron chi connectivity index (χ2n) is 4.32. The summed E-state index contributed by atoms with van der Waals surface area (Å²) in [6.07, 6.45) is 0.318. The van der Waals surface area contributed by atoms with Gasteiger partial charge in [-0.15, -0.1) is 0 Å². The topological polar surface area (TPSA) is 52.6 Å². The molecule has 0 heterocycles. The zero-order valence-electron chi connectivity index (χ0n) is 11.0. The van der Waals surface area contributed by atoms with Crippen molar-refractivity contribution in [2.75, 3.05) is 20.2 Å². The number of hydrogen-bond donors (Lipinski definition) is 2. The first-order chi connectivity index (χ1) is 8.97. The molecule has 2 amide bonds. The predicted molar refractivity (Wildman–Crippen MR) is 72.8 cm³/mol. The number of carbonyl (C=O) groups excluding carboxylic acids is 1. The zero-order chi connectivity index (χ0) is 14.4. The van der Waals surface area contributed by atoms with Crippen molar-refractivity contribution >= 4 is 17.6 Å². The maximum absolute atomic E-state index is 13.5. The highest BCUT2D eigenvalue weighted by Gasteiger charge is 2.14. The van der Waals surface area contributed by atoms with Gasteiger partial charge in [-0.2, -0.15) is 0 Å². The smallest absolute Gasteiger partial charge is 0.317 e. The standard InChI is InChI=1S/C13H18ClFN2O2/c1-9(8-18)17(2)13(19)16-7-6-10-11(14)4-3-5-12(10)15/h3-5,9,18H,6-8H2,1-2H3,(H,16,19). The summed E-state index contributed by atoms with van der Waals surface area (Å²) >= 11 is 5.88. The zero-order valence-corrected chi connectivity index (χ0v) is 11.7. The average molecular weight is 289 g/mol. The van der Waals surface area contributed by atoms with E-state index in [1.54, 1.807) is 20.0 Å². The molecular weight excluding hydrogens is 271 g/mol. The summed E-state index contributed by atoms with van der Waals surface area (Å²) in [7, 11) is 1.59. The molecule has 0 aromatic heterocycles. The van der Waals surface area contributed by atoms with Crippen LogP contribution in [-0.2, 0) is 6.42 Å². The maximum atomic E-state index is 13.5. The molecule has 1 aromatic carbocycles. The summed E-state index contributed by atoms with van der Waals surface area (Å²) in [5, 5.41) is 11.9. The molecule has 1 atom stereocenters. The fourth-order valence-electron chi connectivity index (χ4n) is 1.51. The highest BCUT2D eigenvalue weighted by Crippen LogP contribution is 2.18. The predicted octanol–water partition coefficient (Wildman–Crippen LogP) is 2.04. The highest BCUT2D eigenvalue weighted by atomic mass is 35.5. The number of likely N-dealkylation sites (N-methyl/N-ethyl adjacent to an activating group) is 1. The lowest BCUT2D eigenvalue weighted by atomic mass is 10.1. The van der Waals surface area contributed by atoms with Crippen LogP contribution in [0.15, 0.2) is 18.2 Å². The summed E-state index contributed by atoms with van der Waals surface area (Å²) in [6.45, 7) is 1.90. The van der Waals surface area contributed by atoms with Gasteiger partial charge in [0.15, 0.2) is 0 Å². The number of nitrogens with one attached hydrogen (secondary N) is 1. The lowest BCUT2D eigenvalue weighted by molar-refractivity contribution is 0.157. The molecule has 1 aromatic rings. The quantitative estimate of drug-likeness (QED) is 0.871. The molecule has 2 N–H and O–H groups in total. The Balaban J connectivity index is 2.49.